The number of aliphatic carboxylic acids is 1. The molecule has 0 saturated carbocycles. The number of carbonyl (C=O) groups is 1. The van der Waals surface area contributed by atoms with Crippen LogP contribution >= 0.6 is 0 Å². The number of carboxylic acids is 1. The fourth-order valence-electron chi connectivity index (χ4n) is 1.21. The second-order valence-electron chi connectivity index (χ2n) is 3.39. The Morgan fingerprint density at radius 3 is 2.36 bits per heavy atom. The van der Waals surface area contributed by atoms with Crippen molar-refractivity contribution in [3.05, 3.63) is 35.9 Å². The molecule has 76 valence electrons. The topological polar surface area (TPSA) is 83.5 Å². The number of nitrogens with two attached hydrogens (primary N) is 1. The smallest absolute Gasteiger partial charge is 0.334 e. The van der Waals surface area contributed by atoms with Gasteiger partial charge in [-0.3, -0.25) is 0 Å². The van der Waals surface area contributed by atoms with Crippen molar-refractivity contribution >= 4 is 5.97 Å². The highest BCUT2D eigenvalue weighted by Crippen LogP contribution is 2.21. The molecule has 0 fully saturated rings. The van der Waals surface area contributed by atoms with Gasteiger partial charge in [0.2, 0.25) is 0 Å². The molecule has 14 heavy (non-hydrogen) atoms. The molecule has 1 aromatic rings. The summed E-state index contributed by atoms with van der Waals surface area (Å²) in [6, 6.07) is 8.66. The molecule has 1 aromatic carbocycles. The molecule has 0 aliphatic heterocycles. The molecular weight excluding hydrogens is 182 g/mol. The van der Waals surface area contributed by atoms with Crippen LogP contribution in [-0.4, -0.2) is 22.3 Å². The Morgan fingerprint density at radius 1 is 1.43 bits per heavy atom. The van der Waals surface area contributed by atoms with E-state index >= 15 is 0 Å². The first-order chi connectivity index (χ1) is 6.46. The van der Waals surface area contributed by atoms with Crippen molar-refractivity contribution in [2.45, 2.75) is 18.6 Å². The van der Waals surface area contributed by atoms with Crippen molar-refractivity contribution in [2.24, 2.45) is 5.73 Å². The Kier molecular flexibility index (Phi) is 2.88. The summed E-state index contributed by atoms with van der Waals surface area (Å²) in [6.07, 6.45) is -1.61. The summed E-state index contributed by atoms with van der Waals surface area (Å²) in [4.78, 5) is 10.6. The van der Waals surface area contributed by atoms with Crippen LogP contribution in [0.2, 0.25) is 0 Å². The number of aliphatic hydroxyl groups excluding tert-OH is 1. The average molecular weight is 195 g/mol. The molecular formula is C10H13NO3. The molecule has 0 spiro atoms. The third-order valence-corrected chi connectivity index (χ3v) is 2.20. The third-order valence-electron chi connectivity index (χ3n) is 2.20. The second-order valence-corrected chi connectivity index (χ2v) is 3.39. The van der Waals surface area contributed by atoms with Crippen molar-refractivity contribution in [1.29, 1.82) is 0 Å². The molecule has 4 heteroatoms. The highest BCUT2D eigenvalue weighted by molar-refractivity contribution is 5.74. The largest absolute Gasteiger partial charge is 0.479 e. The lowest BCUT2D eigenvalue weighted by atomic mass is 9.87. The van der Waals surface area contributed by atoms with Gasteiger partial charge >= 0.3 is 5.97 Å². The van der Waals surface area contributed by atoms with E-state index in [2.05, 4.69) is 0 Å². The van der Waals surface area contributed by atoms with E-state index in [1.807, 2.05) is 0 Å². The monoisotopic (exact) mass is 195 g/mol. The molecule has 2 atom stereocenters. The predicted octanol–water partition coefficient (Wildman–Crippen LogP) is 0.306. The molecule has 0 heterocycles. The lowest BCUT2D eigenvalue weighted by Gasteiger charge is -2.27. The molecule has 4 nitrogen and oxygen atoms in total. The predicted molar refractivity (Wildman–Crippen MR) is 51.6 cm³/mol. The minimum Gasteiger partial charge on any atom is -0.479 e. The summed E-state index contributed by atoms with van der Waals surface area (Å²) in [7, 11) is 0. The Morgan fingerprint density at radius 2 is 1.93 bits per heavy atom. The number of aliphatic hydroxyl groups is 1. The van der Waals surface area contributed by atoms with Gasteiger partial charge in [-0.25, -0.2) is 4.79 Å². The van der Waals surface area contributed by atoms with Gasteiger partial charge in [0.15, 0.2) is 6.10 Å². The van der Waals surface area contributed by atoms with Gasteiger partial charge in [0.1, 0.15) is 0 Å². The minimum absolute atomic E-state index is 0.593. The van der Waals surface area contributed by atoms with Crippen molar-refractivity contribution in [2.75, 3.05) is 0 Å². The molecule has 1 rings (SSSR count). The van der Waals surface area contributed by atoms with Gasteiger partial charge in [-0.2, -0.15) is 0 Å². The fourth-order valence-corrected chi connectivity index (χ4v) is 1.21. The maximum absolute atomic E-state index is 10.6. The molecule has 0 radical (unpaired) electrons. The van der Waals surface area contributed by atoms with E-state index < -0.39 is 17.6 Å². The van der Waals surface area contributed by atoms with Crippen molar-refractivity contribution in [1.82, 2.24) is 0 Å². The van der Waals surface area contributed by atoms with Crippen LogP contribution in [0.5, 0.6) is 0 Å². The lowest BCUT2D eigenvalue weighted by molar-refractivity contribution is -0.150. The van der Waals surface area contributed by atoms with E-state index in [1.54, 1.807) is 30.3 Å². The van der Waals surface area contributed by atoms with Gasteiger partial charge in [0, 0.05) is 0 Å². The number of carboxylic acid groups (broad SMARTS) is 1. The Labute approximate surface area is 82.0 Å². The Hall–Kier alpha value is -1.39. The normalized spacial score (nSPS) is 17.1. The first-order valence-electron chi connectivity index (χ1n) is 4.21. The van der Waals surface area contributed by atoms with Crippen LogP contribution in [0.3, 0.4) is 0 Å². The lowest BCUT2D eigenvalue weighted by Crippen LogP contribution is -2.49. The van der Waals surface area contributed by atoms with E-state index in [0.29, 0.717) is 5.56 Å². The van der Waals surface area contributed by atoms with Crippen LogP contribution in [-0.2, 0) is 10.3 Å². The van der Waals surface area contributed by atoms with E-state index in [4.69, 9.17) is 10.8 Å². The number of rotatable bonds is 3. The molecule has 0 aliphatic rings. The van der Waals surface area contributed by atoms with Gasteiger partial charge in [-0.15, -0.1) is 0 Å². The van der Waals surface area contributed by atoms with Crippen molar-refractivity contribution in [3.8, 4) is 0 Å². The van der Waals surface area contributed by atoms with Crippen molar-refractivity contribution < 1.29 is 15.0 Å². The van der Waals surface area contributed by atoms with Crippen LogP contribution in [0, 0.1) is 0 Å². The Bertz CT molecular complexity index is 321. The third kappa shape index (κ3) is 1.92. The minimum atomic E-state index is -1.61. The summed E-state index contributed by atoms with van der Waals surface area (Å²) in [6.45, 7) is 1.49. The van der Waals surface area contributed by atoms with Gasteiger partial charge < -0.3 is 15.9 Å². The summed E-state index contributed by atoms with van der Waals surface area (Å²) >= 11 is 0. The second kappa shape index (κ2) is 3.77. The average Bonchev–Trinajstić information content (AvgIpc) is 2.18. The zero-order chi connectivity index (χ0) is 10.8. The molecule has 0 saturated heterocycles. The first-order valence-corrected chi connectivity index (χ1v) is 4.21. The van der Waals surface area contributed by atoms with Crippen molar-refractivity contribution in [3.63, 3.8) is 0 Å². The van der Waals surface area contributed by atoms with Crippen LogP contribution in [0.1, 0.15) is 12.5 Å². The summed E-state index contributed by atoms with van der Waals surface area (Å²) < 4.78 is 0. The molecule has 0 bridgehead atoms. The van der Waals surface area contributed by atoms with Crippen LogP contribution in [0.15, 0.2) is 30.3 Å². The molecule has 0 aliphatic carbocycles. The SMILES string of the molecule is C[C@@](N)(c1ccccc1)[C@H](O)C(=O)O. The maximum atomic E-state index is 10.6. The van der Waals surface area contributed by atoms with E-state index in [9.17, 15) is 9.90 Å². The van der Waals surface area contributed by atoms with Crippen LogP contribution in [0.4, 0.5) is 0 Å². The fraction of sp³-hybridized carbons (Fsp3) is 0.300. The highest BCUT2D eigenvalue weighted by Gasteiger charge is 2.35. The van der Waals surface area contributed by atoms with E-state index in [0.717, 1.165) is 0 Å². The van der Waals surface area contributed by atoms with Gasteiger partial charge in [0.25, 0.3) is 0 Å². The summed E-state index contributed by atoms with van der Waals surface area (Å²) in [5.74, 6) is -1.32. The quantitative estimate of drug-likeness (QED) is 0.648. The number of hydrogen-bond donors (Lipinski definition) is 3. The highest BCUT2D eigenvalue weighted by atomic mass is 16.4. The standard InChI is InChI=1S/C10H13NO3/c1-10(11,8(12)9(13)14)7-5-3-2-4-6-7/h2-6,8,12H,11H2,1H3,(H,13,14)/t8-,10-/m1/s1. The zero-order valence-electron chi connectivity index (χ0n) is 7.84. The summed E-state index contributed by atoms with van der Waals surface area (Å²) in [5, 5.41) is 18.0. The van der Waals surface area contributed by atoms with Crippen LogP contribution in [0.25, 0.3) is 0 Å². The molecule has 0 aromatic heterocycles. The van der Waals surface area contributed by atoms with E-state index in [1.165, 1.54) is 6.92 Å². The molecule has 4 N–H and O–H groups in total. The van der Waals surface area contributed by atoms with Crippen LogP contribution < -0.4 is 5.73 Å². The van der Waals surface area contributed by atoms with Gasteiger partial charge in [-0.05, 0) is 12.5 Å². The molecule has 0 unspecified atom stereocenters. The van der Waals surface area contributed by atoms with Gasteiger partial charge in [0.05, 0.1) is 5.54 Å². The first kappa shape index (κ1) is 10.7. The van der Waals surface area contributed by atoms with Gasteiger partial charge in [-0.1, -0.05) is 30.3 Å². The maximum Gasteiger partial charge on any atom is 0.334 e. The number of benzene rings is 1. The Balaban J connectivity index is 3.02. The molecule has 0 amide bonds. The zero-order valence-corrected chi connectivity index (χ0v) is 7.84. The van der Waals surface area contributed by atoms with E-state index in [-0.39, 0.29) is 0 Å². The number of hydrogen-bond acceptors (Lipinski definition) is 3. The summed E-state index contributed by atoms with van der Waals surface area (Å²) in [5.41, 5.74) is 5.07.